The second kappa shape index (κ2) is 8.84. The molecule has 0 aliphatic heterocycles. The summed E-state index contributed by atoms with van der Waals surface area (Å²) in [5.41, 5.74) is 3.88. The van der Waals surface area contributed by atoms with Crippen molar-refractivity contribution in [2.45, 2.75) is 0 Å². The van der Waals surface area contributed by atoms with E-state index in [-0.39, 0.29) is 5.91 Å². The van der Waals surface area contributed by atoms with Crippen LogP contribution in [0, 0.1) is 3.57 Å². The molecule has 5 nitrogen and oxygen atoms in total. The van der Waals surface area contributed by atoms with Gasteiger partial charge >= 0.3 is 0 Å². The van der Waals surface area contributed by atoms with Crippen LogP contribution in [-0.2, 0) is 4.79 Å². The molecular weight excluding hydrogens is 515 g/mol. The molecule has 1 amide bonds. The maximum Gasteiger partial charge on any atom is 0.248 e. The van der Waals surface area contributed by atoms with E-state index in [4.69, 9.17) is 8.83 Å². The minimum atomic E-state index is -0.261. The molecule has 0 bridgehead atoms. The number of nitrogens with zero attached hydrogens (tertiary/aromatic N) is 1. The molecule has 156 valence electrons. The molecule has 2 aromatic heterocycles. The quantitative estimate of drug-likeness (QED) is 0.195. The lowest BCUT2D eigenvalue weighted by molar-refractivity contribution is -0.111. The Morgan fingerprint density at radius 2 is 1.72 bits per heavy atom. The van der Waals surface area contributed by atoms with Crippen LogP contribution in [0.25, 0.3) is 40.0 Å². The van der Waals surface area contributed by atoms with E-state index in [1.54, 1.807) is 24.3 Å². The number of aromatic nitrogens is 1. The maximum atomic E-state index is 12.4. The van der Waals surface area contributed by atoms with Crippen molar-refractivity contribution in [3.05, 3.63) is 100 Å². The number of halogens is 1. The molecule has 0 aliphatic carbocycles. The fourth-order valence-electron chi connectivity index (χ4n) is 3.29. The Morgan fingerprint density at radius 1 is 0.875 bits per heavy atom. The third-order valence-corrected chi connectivity index (χ3v) is 5.48. The molecule has 0 spiro atoms. The predicted octanol–water partition coefficient (Wildman–Crippen LogP) is 7.01. The highest BCUT2D eigenvalue weighted by Gasteiger charge is 2.10. The van der Waals surface area contributed by atoms with Gasteiger partial charge in [-0.2, -0.15) is 0 Å². The summed E-state index contributed by atoms with van der Waals surface area (Å²) in [5.74, 6) is 1.65. The summed E-state index contributed by atoms with van der Waals surface area (Å²) in [6.45, 7) is 0. The summed E-state index contributed by atoms with van der Waals surface area (Å²) in [4.78, 5) is 16.9. The second-order valence-electron chi connectivity index (χ2n) is 7.10. The van der Waals surface area contributed by atoms with Gasteiger partial charge in [0.1, 0.15) is 17.0 Å². The lowest BCUT2D eigenvalue weighted by Crippen LogP contribution is -2.07. The molecule has 0 saturated carbocycles. The summed E-state index contributed by atoms with van der Waals surface area (Å²) < 4.78 is 12.8. The molecular formula is C26H17IN2O3. The van der Waals surface area contributed by atoms with Crippen LogP contribution in [0.2, 0.25) is 0 Å². The first kappa shape index (κ1) is 20.3. The molecule has 5 rings (SSSR count). The monoisotopic (exact) mass is 532 g/mol. The van der Waals surface area contributed by atoms with Gasteiger partial charge in [0.2, 0.25) is 11.8 Å². The Balaban J connectivity index is 1.29. The van der Waals surface area contributed by atoms with Crippen molar-refractivity contribution in [1.82, 2.24) is 4.98 Å². The number of rotatable bonds is 5. The van der Waals surface area contributed by atoms with E-state index in [0.717, 1.165) is 20.5 Å². The number of amides is 1. The summed E-state index contributed by atoms with van der Waals surface area (Å²) in [5, 5.41) is 2.85. The standard InChI is InChI=1S/C26H17IN2O3/c27-19-8-4-7-18(15-19)26-29-22-16-20(9-12-24(22)32-26)28-25(30)14-11-21-10-13-23(31-21)17-5-2-1-3-6-17/h1-16H,(H,28,30)/b14-11+. The van der Waals surface area contributed by atoms with Gasteiger partial charge in [-0.05, 0) is 77.2 Å². The van der Waals surface area contributed by atoms with Gasteiger partial charge in [0.25, 0.3) is 0 Å². The number of hydrogen-bond donors (Lipinski definition) is 1. The molecule has 3 aromatic carbocycles. The first-order valence-electron chi connectivity index (χ1n) is 9.95. The predicted molar refractivity (Wildman–Crippen MR) is 134 cm³/mol. The minimum absolute atomic E-state index is 0.261. The van der Waals surface area contributed by atoms with Gasteiger partial charge in [-0.1, -0.05) is 36.4 Å². The molecule has 0 aliphatic rings. The Bertz CT molecular complexity index is 1430. The highest BCUT2D eigenvalue weighted by atomic mass is 127. The molecule has 5 aromatic rings. The van der Waals surface area contributed by atoms with Crippen LogP contribution in [0.15, 0.2) is 99.8 Å². The van der Waals surface area contributed by atoms with Gasteiger partial charge in [-0.15, -0.1) is 0 Å². The number of furan rings is 1. The molecule has 0 radical (unpaired) electrons. The van der Waals surface area contributed by atoms with Crippen LogP contribution in [0.5, 0.6) is 0 Å². The van der Waals surface area contributed by atoms with Crippen molar-refractivity contribution < 1.29 is 13.6 Å². The molecule has 1 N–H and O–H groups in total. The third kappa shape index (κ3) is 4.50. The molecule has 0 atom stereocenters. The van der Waals surface area contributed by atoms with Gasteiger partial charge in [0.15, 0.2) is 5.58 Å². The Morgan fingerprint density at radius 3 is 2.56 bits per heavy atom. The van der Waals surface area contributed by atoms with Crippen LogP contribution >= 0.6 is 22.6 Å². The molecule has 0 unspecified atom stereocenters. The summed E-state index contributed by atoms with van der Waals surface area (Å²) in [6, 6.07) is 26.9. The summed E-state index contributed by atoms with van der Waals surface area (Å²) in [7, 11) is 0. The van der Waals surface area contributed by atoms with Crippen LogP contribution in [0.3, 0.4) is 0 Å². The Kier molecular flexibility index (Phi) is 5.60. The maximum absolute atomic E-state index is 12.4. The van der Waals surface area contributed by atoms with Crippen molar-refractivity contribution in [2.24, 2.45) is 0 Å². The smallest absolute Gasteiger partial charge is 0.248 e. The molecule has 0 fully saturated rings. The third-order valence-electron chi connectivity index (χ3n) is 4.81. The number of nitrogens with one attached hydrogen (secondary N) is 1. The highest BCUT2D eigenvalue weighted by molar-refractivity contribution is 14.1. The van der Waals surface area contributed by atoms with Gasteiger partial charge in [0, 0.05) is 26.5 Å². The Hall–Kier alpha value is -3.65. The zero-order valence-electron chi connectivity index (χ0n) is 16.8. The zero-order chi connectivity index (χ0) is 21.9. The number of hydrogen-bond acceptors (Lipinski definition) is 4. The minimum Gasteiger partial charge on any atom is -0.457 e. The number of fused-ring (bicyclic) bond motifs is 1. The van der Waals surface area contributed by atoms with Crippen LogP contribution in [0.4, 0.5) is 5.69 Å². The van der Waals surface area contributed by atoms with E-state index in [0.29, 0.717) is 28.4 Å². The van der Waals surface area contributed by atoms with Gasteiger partial charge < -0.3 is 14.2 Å². The van der Waals surface area contributed by atoms with Crippen LogP contribution < -0.4 is 5.32 Å². The van der Waals surface area contributed by atoms with Gasteiger partial charge in [0.05, 0.1) is 0 Å². The van der Waals surface area contributed by atoms with E-state index in [2.05, 4.69) is 32.9 Å². The molecule has 32 heavy (non-hydrogen) atoms. The number of carbonyl (C=O) groups is 1. The molecule has 0 saturated heterocycles. The lowest BCUT2D eigenvalue weighted by atomic mass is 10.2. The van der Waals surface area contributed by atoms with E-state index < -0.39 is 0 Å². The Labute approximate surface area is 197 Å². The summed E-state index contributed by atoms with van der Waals surface area (Å²) >= 11 is 2.26. The van der Waals surface area contributed by atoms with E-state index >= 15 is 0 Å². The van der Waals surface area contributed by atoms with Crippen LogP contribution in [-0.4, -0.2) is 10.9 Å². The highest BCUT2D eigenvalue weighted by Crippen LogP contribution is 2.27. The van der Waals surface area contributed by atoms with E-state index in [9.17, 15) is 4.79 Å². The fraction of sp³-hybridized carbons (Fsp3) is 0. The summed E-state index contributed by atoms with van der Waals surface area (Å²) in [6.07, 6.45) is 3.09. The van der Waals surface area contributed by atoms with Gasteiger partial charge in [-0.3, -0.25) is 4.79 Å². The van der Waals surface area contributed by atoms with E-state index in [1.807, 2.05) is 66.7 Å². The first-order valence-corrected chi connectivity index (χ1v) is 11.0. The fourth-order valence-corrected chi connectivity index (χ4v) is 3.83. The lowest BCUT2D eigenvalue weighted by Gasteiger charge is -2.00. The van der Waals surface area contributed by atoms with Crippen LogP contribution in [0.1, 0.15) is 5.76 Å². The van der Waals surface area contributed by atoms with E-state index in [1.165, 1.54) is 6.08 Å². The molecule has 2 heterocycles. The number of carbonyl (C=O) groups excluding carboxylic acids is 1. The number of benzene rings is 3. The SMILES string of the molecule is O=C(/C=C/c1ccc(-c2ccccc2)o1)Nc1ccc2oc(-c3cccc(I)c3)nc2c1. The number of anilines is 1. The van der Waals surface area contributed by atoms with Crippen molar-refractivity contribution >= 4 is 51.4 Å². The normalized spacial score (nSPS) is 11.3. The van der Waals surface area contributed by atoms with Gasteiger partial charge in [-0.25, -0.2) is 4.98 Å². The average Bonchev–Trinajstić information content (AvgIpc) is 3.45. The van der Waals surface area contributed by atoms with Crippen molar-refractivity contribution in [1.29, 1.82) is 0 Å². The number of oxazole rings is 1. The van der Waals surface area contributed by atoms with Crippen molar-refractivity contribution in [2.75, 3.05) is 5.32 Å². The first-order chi connectivity index (χ1) is 15.6. The zero-order valence-corrected chi connectivity index (χ0v) is 18.9. The molecule has 6 heteroatoms. The second-order valence-corrected chi connectivity index (χ2v) is 8.35. The van der Waals surface area contributed by atoms with Crippen molar-refractivity contribution in [3.63, 3.8) is 0 Å². The van der Waals surface area contributed by atoms with Crippen molar-refractivity contribution in [3.8, 4) is 22.8 Å². The topological polar surface area (TPSA) is 68.3 Å². The average molecular weight is 532 g/mol. The largest absolute Gasteiger partial charge is 0.457 e.